The molecule has 0 aromatic heterocycles. The molecule has 1 aromatic rings. The smallest absolute Gasteiger partial charge is 0.326 e. The average Bonchev–Trinajstić information content (AvgIpc) is 2.46. The molecule has 1 aliphatic heterocycles. The van der Waals surface area contributed by atoms with Crippen LogP contribution >= 0.6 is 0 Å². The van der Waals surface area contributed by atoms with Crippen LogP contribution in [0, 0.1) is 0 Å². The Hall–Kier alpha value is -1.88. The second kappa shape index (κ2) is 6.05. The fourth-order valence-corrected chi connectivity index (χ4v) is 2.64. The van der Waals surface area contributed by atoms with Crippen molar-refractivity contribution in [1.82, 2.24) is 10.2 Å². The van der Waals surface area contributed by atoms with E-state index in [-0.39, 0.29) is 11.9 Å². The van der Waals surface area contributed by atoms with Crippen LogP contribution in [0.2, 0.25) is 0 Å². The first-order valence-electron chi connectivity index (χ1n) is 6.84. The molecular formula is C15H20N2O3. The van der Waals surface area contributed by atoms with Crippen LogP contribution in [0.1, 0.15) is 24.5 Å². The van der Waals surface area contributed by atoms with E-state index in [1.54, 1.807) is 14.0 Å². The normalized spacial score (nSPS) is 19.0. The maximum Gasteiger partial charge on any atom is 0.326 e. The second-order valence-electron chi connectivity index (χ2n) is 5.12. The first kappa shape index (κ1) is 14.5. The molecule has 0 fully saturated rings. The molecule has 1 amide bonds. The number of hydrogen-bond donors (Lipinski definition) is 2. The third-order valence-electron chi connectivity index (χ3n) is 3.87. The Labute approximate surface area is 118 Å². The summed E-state index contributed by atoms with van der Waals surface area (Å²) in [5.74, 6) is -1.12. The summed E-state index contributed by atoms with van der Waals surface area (Å²) in [6.45, 7) is 2.41. The lowest BCUT2D eigenvalue weighted by Crippen LogP contribution is -2.52. The zero-order chi connectivity index (χ0) is 14.7. The summed E-state index contributed by atoms with van der Waals surface area (Å²) in [4.78, 5) is 24.9. The molecule has 0 saturated heterocycles. The number of aliphatic carboxylic acids is 1. The number of benzene rings is 1. The summed E-state index contributed by atoms with van der Waals surface area (Å²) in [5.41, 5.74) is 2.35. The van der Waals surface area contributed by atoms with Crippen LogP contribution in [0.4, 0.5) is 0 Å². The van der Waals surface area contributed by atoms with Crippen molar-refractivity contribution in [3.63, 3.8) is 0 Å². The van der Waals surface area contributed by atoms with Crippen LogP contribution in [0.3, 0.4) is 0 Å². The molecule has 0 aliphatic carbocycles. The van der Waals surface area contributed by atoms with Gasteiger partial charge in [-0.2, -0.15) is 0 Å². The van der Waals surface area contributed by atoms with Gasteiger partial charge in [-0.25, -0.2) is 4.79 Å². The number of likely N-dealkylation sites (N-methyl/N-ethyl adjacent to an activating group) is 1. The highest BCUT2D eigenvalue weighted by atomic mass is 16.4. The Balaban J connectivity index is 2.10. The van der Waals surface area contributed by atoms with Crippen LogP contribution in [0.5, 0.6) is 0 Å². The molecule has 2 N–H and O–H groups in total. The predicted octanol–water partition coefficient (Wildman–Crippen LogP) is 1.02. The lowest BCUT2D eigenvalue weighted by atomic mass is 9.95. The van der Waals surface area contributed by atoms with Gasteiger partial charge in [0.15, 0.2) is 0 Å². The van der Waals surface area contributed by atoms with E-state index in [9.17, 15) is 9.59 Å². The van der Waals surface area contributed by atoms with Crippen molar-refractivity contribution in [2.45, 2.75) is 38.4 Å². The van der Waals surface area contributed by atoms with Gasteiger partial charge in [0.1, 0.15) is 6.04 Å². The number of carbonyl (C=O) groups is 2. The molecule has 1 heterocycles. The minimum Gasteiger partial charge on any atom is -0.480 e. The van der Waals surface area contributed by atoms with Crippen LogP contribution in [0.25, 0.3) is 0 Å². The lowest BCUT2D eigenvalue weighted by molar-refractivity contribution is -0.150. The summed E-state index contributed by atoms with van der Waals surface area (Å²) in [5, 5.41) is 12.3. The molecule has 5 heteroatoms. The molecule has 0 saturated carbocycles. The first-order chi connectivity index (χ1) is 9.54. The van der Waals surface area contributed by atoms with Gasteiger partial charge in [0.25, 0.3) is 0 Å². The molecule has 20 heavy (non-hydrogen) atoms. The van der Waals surface area contributed by atoms with Crippen molar-refractivity contribution < 1.29 is 14.7 Å². The number of amides is 1. The van der Waals surface area contributed by atoms with E-state index in [0.29, 0.717) is 19.4 Å². The van der Waals surface area contributed by atoms with Gasteiger partial charge in [0.2, 0.25) is 5.91 Å². The maximum atomic E-state index is 12.4. The number of hydrogen-bond acceptors (Lipinski definition) is 3. The number of rotatable bonds is 4. The zero-order valence-corrected chi connectivity index (χ0v) is 11.8. The van der Waals surface area contributed by atoms with Gasteiger partial charge < -0.3 is 15.3 Å². The Kier molecular flexibility index (Phi) is 4.39. The highest BCUT2D eigenvalue weighted by molar-refractivity contribution is 5.87. The van der Waals surface area contributed by atoms with Crippen molar-refractivity contribution in [3.8, 4) is 0 Å². The Bertz CT molecular complexity index is 516. The van der Waals surface area contributed by atoms with E-state index in [1.807, 2.05) is 24.3 Å². The maximum absolute atomic E-state index is 12.4. The van der Waals surface area contributed by atoms with Crippen molar-refractivity contribution in [1.29, 1.82) is 0 Å². The summed E-state index contributed by atoms with van der Waals surface area (Å²) in [7, 11) is 1.56. The average molecular weight is 276 g/mol. The van der Waals surface area contributed by atoms with Crippen molar-refractivity contribution in [2.75, 3.05) is 7.05 Å². The van der Waals surface area contributed by atoms with Crippen LogP contribution < -0.4 is 5.32 Å². The van der Waals surface area contributed by atoms with E-state index in [0.717, 1.165) is 5.56 Å². The Morgan fingerprint density at radius 2 is 2.05 bits per heavy atom. The first-order valence-corrected chi connectivity index (χ1v) is 6.84. The number of carbonyl (C=O) groups excluding carboxylic acids is 1. The third-order valence-corrected chi connectivity index (χ3v) is 3.87. The fraction of sp³-hybridized carbons (Fsp3) is 0.467. The third kappa shape index (κ3) is 2.82. The largest absolute Gasteiger partial charge is 0.480 e. The SMILES string of the molecule is CCC(C(=O)O)N(C)C(=O)[C@@H]1Cc2ccccc2CN1. The van der Waals surface area contributed by atoms with Gasteiger partial charge in [-0.3, -0.25) is 4.79 Å². The second-order valence-corrected chi connectivity index (χ2v) is 5.12. The van der Waals surface area contributed by atoms with Crippen molar-refractivity contribution >= 4 is 11.9 Å². The van der Waals surface area contributed by atoms with Crippen molar-refractivity contribution in [2.24, 2.45) is 0 Å². The standard InChI is InChI=1S/C15H20N2O3/c1-3-13(15(19)20)17(2)14(18)12-8-10-6-4-5-7-11(10)9-16-12/h4-7,12-13,16H,3,8-9H2,1-2H3,(H,19,20)/t12-,13?/m0/s1. The monoisotopic (exact) mass is 276 g/mol. The van der Waals surface area contributed by atoms with Gasteiger partial charge in [0, 0.05) is 13.6 Å². The molecule has 1 unspecified atom stereocenters. The number of nitrogens with one attached hydrogen (secondary N) is 1. The number of nitrogens with zero attached hydrogens (tertiary/aromatic N) is 1. The minimum atomic E-state index is -0.959. The van der Waals surface area contributed by atoms with Gasteiger partial charge in [-0.05, 0) is 24.0 Å². The quantitative estimate of drug-likeness (QED) is 0.861. The van der Waals surface area contributed by atoms with Crippen LogP contribution in [-0.2, 0) is 22.6 Å². The molecule has 0 bridgehead atoms. The van der Waals surface area contributed by atoms with Gasteiger partial charge >= 0.3 is 5.97 Å². The van der Waals surface area contributed by atoms with Crippen LogP contribution in [0.15, 0.2) is 24.3 Å². The van der Waals surface area contributed by atoms with E-state index in [2.05, 4.69) is 5.32 Å². The highest BCUT2D eigenvalue weighted by Gasteiger charge is 2.31. The van der Waals surface area contributed by atoms with E-state index in [1.165, 1.54) is 10.5 Å². The molecule has 5 nitrogen and oxygen atoms in total. The Morgan fingerprint density at radius 1 is 1.40 bits per heavy atom. The summed E-state index contributed by atoms with van der Waals surface area (Å²) in [6.07, 6.45) is 1.01. The molecule has 0 radical (unpaired) electrons. The van der Waals surface area contributed by atoms with Gasteiger partial charge in [-0.1, -0.05) is 31.2 Å². The topological polar surface area (TPSA) is 69.6 Å². The summed E-state index contributed by atoms with van der Waals surface area (Å²) < 4.78 is 0. The van der Waals surface area contributed by atoms with Crippen molar-refractivity contribution in [3.05, 3.63) is 35.4 Å². The summed E-state index contributed by atoms with van der Waals surface area (Å²) in [6, 6.07) is 6.89. The molecule has 2 rings (SSSR count). The fourth-order valence-electron chi connectivity index (χ4n) is 2.64. The molecule has 1 aliphatic rings. The van der Waals surface area contributed by atoms with E-state index in [4.69, 9.17) is 5.11 Å². The van der Waals surface area contributed by atoms with Crippen LogP contribution in [-0.4, -0.2) is 41.0 Å². The molecule has 1 aromatic carbocycles. The number of carboxylic acids is 1. The Morgan fingerprint density at radius 3 is 2.65 bits per heavy atom. The predicted molar refractivity (Wildman–Crippen MR) is 75.3 cm³/mol. The highest BCUT2D eigenvalue weighted by Crippen LogP contribution is 2.18. The van der Waals surface area contributed by atoms with Gasteiger partial charge in [-0.15, -0.1) is 0 Å². The molecule has 108 valence electrons. The summed E-state index contributed by atoms with van der Waals surface area (Å²) >= 11 is 0. The molecule has 0 spiro atoms. The van der Waals surface area contributed by atoms with E-state index >= 15 is 0 Å². The number of fused-ring (bicyclic) bond motifs is 1. The van der Waals surface area contributed by atoms with E-state index < -0.39 is 12.0 Å². The molecule has 2 atom stereocenters. The number of carboxylic acid groups (broad SMARTS) is 1. The lowest BCUT2D eigenvalue weighted by Gasteiger charge is -2.31. The molecular weight excluding hydrogens is 256 g/mol. The minimum absolute atomic E-state index is 0.159. The zero-order valence-electron chi connectivity index (χ0n) is 11.8. The van der Waals surface area contributed by atoms with Gasteiger partial charge in [0.05, 0.1) is 6.04 Å².